The second-order valence-electron chi connectivity index (χ2n) is 3.10. The van der Waals surface area contributed by atoms with Crippen LogP contribution in [0.5, 0.6) is 0 Å². The zero-order chi connectivity index (χ0) is 11.9. The van der Waals surface area contributed by atoms with Crippen molar-refractivity contribution in [2.24, 2.45) is 0 Å². The van der Waals surface area contributed by atoms with Gasteiger partial charge in [0.1, 0.15) is 5.82 Å². The summed E-state index contributed by atoms with van der Waals surface area (Å²) in [6.45, 7) is 0. The minimum Gasteiger partial charge on any atom is -0.465 e. The molecule has 0 unspecified atom stereocenters. The highest BCUT2D eigenvalue weighted by atomic mass is 79.9. The van der Waals surface area contributed by atoms with Crippen molar-refractivity contribution in [2.45, 2.75) is 0 Å². The molecule has 0 saturated carbocycles. The van der Waals surface area contributed by atoms with Crippen LogP contribution in [0, 0.1) is 11.6 Å². The van der Waals surface area contributed by atoms with Crippen LogP contribution in [0.15, 0.2) is 16.7 Å². The maximum atomic E-state index is 13.7. The third-order valence-electron chi connectivity index (χ3n) is 2.21. The van der Waals surface area contributed by atoms with Crippen molar-refractivity contribution in [1.29, 1.82) is 0 Å². The predicted molar refractivity (Wildman–Crippen MR) is 57.3 cm³/mol. The summed E-state index contributed by atoms with van der Waals surface area (Å²) in [5.41, 5.74) is 0.245. The number of rotatable bonds is 1. The Balaban J connectivity index is 2.81. The fourth-order valence-electron chi connectivity index (χ4n) is 1.47. The SMILES string of the molecule is COC(=O)c1c[nH]c2cc(F)c(Br)c(F)c12. The molecule has 84 valence electrons. The molecule has 0 saturated heterocycles. The van der Waals surface area contributed by atoms with Crippen molar-refractivity contribution >= 4 is 32.8 Å². The number of H-pyrrole nitrogens is 1. The van der Waals surface area contributed by atoms with Crippen LogP contribution >= 0.6 is 15.9 Å². The van der Waals surface area contributed by atoms with Gasteiger partial charge >= 0.3 is 5.97 Å². The van der Waals surface area contributed by atoms with E-state index in [2.05, 4.69) is 25.7 Å². The molecule has 0 spiro atoms. The number of aromatic amines is 1. The van der Waals surface area contributed by atoms with Gasteiger partial charge in [0.15, 0.2) is 5.82 Å². The fourth-order valence-corrected chi connectivity index (χ4v) is 1.78. The third-order valence-corrected chi connectivity index (χ3v) is 2.94. The normalized spacial score (nSPS) is 10.8. The largest absolute Gasteiger partial charge is 0.465 e. The lowest BCUT2D eigenvalue weighted by molar-refractivity contribution is 0.0602. The Kier molecular flexibility index (Phi) is 2.67. The second kappa shape index (κ2) is 3.86. The molecule has 2 rings (SSSR count). The van der Waals surface area contributed by atoms with E-state index >= 15 is 0 Å². The van der Waals surface area contributed by atoms with Gasteiger partial charge in [-0.15, -0.1) is 0 Å². The highest BCUT2D eigenvalue weighted by Crippen LogP contribution is 2.30. The van der Waals surface area contributed by atoms with Crippen LogP contribution in [0.2, 0.25) is 0 Å². The molecule has 3 nitrogen and oxygen atoms in total. The van der Waals surface area contributed by atoms with E-state index in [0.717, 1.165) is 6.07 Å². The van der Waals surface area contributed by atoms with Gasteiger partial charge in [0.25, 0.3) is 0 Å². The summed E-state index contributed by atoms with van der Waals surface area (Å²) in [5.74, 6) is -2.23. The first-order valence-electron chi connectivity index (χ1n) is 4.29. The smallest absolute Gasteiger partial charge is 0.340 e. The van der Waals surface area contributed by atoms with Crippen molar-refractivity contribution in [3.8, 4) is 0 Å². The summed E-state index contributed by atoms with van der Waals surface area (Å²) in [6, 6.07) is 1.11. The first-order valence-corrected chi connectivity index (χ1v) is 5.08. The van der Waals surface area contributed by atoms with Crippen LogP contribution < -0.4 is 0 Å². The number of hydrogen-bond donors (Lipinski definition) is 1. The molecule has 16 heavy (non-hydrogen) atoms. The Morgan fingerprint density at radius 3 is 2.81 bits per heavy atom. The van der Waals surface area contributed by atoms with E-state index in [1.54, 1.807) is 0 Å². The monoisotopic (exact) mass is 289 g/mol. The van der Waals surface area contributed by atoms with Crippen molar-refractivity contribution < 1.29 is 18.3 Å². The maximum Gasteiger partial charge on any atom is 0.340 e. The number of aromatic nitrogens is 1. The Bertz CT molecular complexity index is 580. The minimum absolute atomic E-state index is 0.0140. The van der Waals surface area contributed by atoms with Gasteiger partial charge in [0.05, 0.1) is 28.0 Å². The summed E-state index contributed by atoms with van der Waals surface area (Å²) in [7, 11) is 1.19. The zero-order valence-electron chi connectivity index (χ0n) is 8.11. The van der Waals surface area contributed by atoms with Gasteiger partial charge in [-0.25, -0.2) is 13.6 Å². The van der Waals surface area contributed by atoms with Crippen molar-refractivity contribution in [1.82, 2.24) is 4.98 Å². The van der Waals surface area contributed by atoms with Crippen LogP contribution in [0.3, 0.4) is 0 Å². The average Bonchev–Trinajstić information content (AvgIpc) is 2.68. The van der Waals surface area contributed by atoms with Gasteiger partial charge in [0.2, 0.25) is 0 Å². The minimum atomic E-state index is -0.823. The number of ether oxygens (including phenoxy) is 1. The number of benzene rings is 1. The highest BCUT2D eigenvalue weighted by molar-refractivity contribution is 9.10. The van der Waals surface area contributed by atoms with Crippen molar-refractivity contribution in [3.05, 3.63) is 33.9 Å². The summed E-state index contributed by atoms with van der Waals surface area (Å²) >= 11 is 2.77. The van der Waals surface area contributed by atoms with E-state index in [1.165, 1.54) is 13.3 Å². The summed E-state index contributed by atoms with van der Waals surface area (Å²) in [6.07, 6.45) is 1.28. The molecule has 2 aromatic rings. The van der Waals surface area contributed by atoms with Gasteiger partial charge in [-0.3, -0.25) is 0 Å². The van der Waals surface area contributed by atoms with E-state index < -0.39 is 17.6 Å². The van der Waals surface area contributed by atoms with E-state index in [-0.39, 0.29) is 20.9 Å². The lowest BCUT2D eigenvalue weighted by Crippen LogP contribution is -2.01. The van der Waals surface area contributed by atoms with Crippen LogP contribution in [-0.4, -0.2) is 18.1 Å². The Labute approximate surface area is 97.5 Å². The molecule has 0 aliphatic carbocycles. The molecular formula is C10H6BrF2NO2. The van der Waals surface area contributed by atoms with Crippen molar-refractivity contribution in [3.63, 3.8) is 0 Å². The molecule has 0 bridgehead atoms. The van der Waals surface area contributed by atoms with Gasteiger partial charge in [0, 0.05) is 6.20 Å². The quantitative estimate of drug-likeness (QED) is 0.648. The van der Waals surface area contributed by atoms with Crippen molar-refractivity contribution in [2.75, 3.05) is 7.11 Å². The number of halogens is 3. The molecule has 1 aromatic carbocycles. The van der Waals surface area contributed by atoms with Crippen LogP contribution in [0.4, 0.5) is 8.78 Å². The molecule has 0 aliphatic heterocycles. The lowest BCUT2D eigenvalue weighted by atomic mass is 10.1. The molecule has 6 heteroatoms. The number of carbonyl (C=O) groups is 1. The Morgan fingerprint density at radius 2 is 2.19 bits per heavy atom. The predicted octanol–water partition coefficient (Wildman–Crippen LogP) is 3.00. The molecule has 0 aliphatic rings. The summed E-state index contributed by atoms with van der Waals surface area (Å²) in [5, 5.41) is 0.0140. The summed E-state index contributed by atoms with van der Waals surface area (Å²) in [4.78, 5) is 13.9. The first kappa shape index (κ1) is 11.1. The second-order valence-corrected chi connectivity index (χ2v) is 3.90. The van der Waals surface area contributed by atoms with E-state index in [4.69, 9.17) is 0 Å². The highest BCUT2D eigenvalue weighted by Gasteiger charge is 2.20. The molecule has 0 radical (unpaired) electrons. The topological polar surface area (TPSA) is 42.1 Å². The maximum absolute atomic E-state index is 13.7. The zero-order valence-corrected chi connectivity index (χ0v) is 9.69. The van der Waals surface area contributed by atoms with E-state index in [0.29, 0.717) is 0 Å². The standard InChI is InChI=1S/C10H6BrF2NO2/c1-16-10(15)4-3-14-6-2-5(12)8(11)9(13)7(4)6/h2-3,14H,1H3. The molecular weight excluding hydrogens is 284 g/mol. The Hall–Kier alpha value is -1.43. The lowest BCUT2D eigenvalue weighted by Gasteiger charge is -2.01. The average molecular weight is 290 g/mol. The molecule has 0 amide bonds. The van der Waals surface area contributed by atoms with Gasteiger partial charge in [-0.1, -0.05) is 0 Å². The molecule has 0 atom stereocenters. The third kappa shape index (κ3) is 1.49. The molecule has 1 aromatic heterocycles. The van der Waals surface area contributed by atoms with Gasteiger partial charge < -0.3 is 9.72 Å². The number of nitrogens with one attached hydrogen (secondary N) is 1. The van der Waals surface area contributed by atoms with Crippen LogP contribution in [0.25, 0.3) is 10.9 Å². The molecule has 0 fully saturated rings. The van der Waals surface area contributed by atoms with E-state index in [9.17, 15) is 13.6 Å². The van der Waals surface area contributed by atoms with Crippen LogP contribution in [-0.2, 0) is 4.74 Å². The number of esters is 1. The number of hydrogen-bond acceptors (Lipinski definition) is 2. The van der Waals surface area contributed by atoms with E-state index in [1.807, 2.05) is 0 Å². The first-order chi connectivity index (χ1) is 7.56. The Morgan fingerprint density at radius 1 is 1.50 bits per heavy atom. The van der Waals surface area contributed by atoms with Gasteiger partial charge in [-0.05, 0) is 22.0 Å². The fraction of sp³-hybridized carbons (Fsp3) is 0.100. The number of methoxy groups -OCH3 is 1. The molecule has 1 N–H and O–H groups in total. The number of fused-ring (bicyclic) bond motifs is 1. The van der Waals surface area contributed by atoms with Gasteiger partial charge in [-0.2, -0.15) is 0 Å². The molecule has 1 heterocycles. The van der Waals surface area contributed by atoms with Crippen LogP contribution in [0.1, 0.15) is 10.4 Å². The summed E-state index contributed by atoms with van der Waals surface area (Å²) < 4.78 is 31.1. The number of carbonyl (C=O) groups excluding carboxylic acids is 1.